The Morgan fingerprint density at radius 1 is 2.00 bits per heavy atom. The summed E-state index contributed by atoms with van der Waals surface area (Å²) >= 11 is 0. The topological polar surface area (TPSA) is 21.8 Å². The molecule has 3 heteroatoms. The Morgan fingerprint density at radius 2 is 2.71 bits per heavy atom. The van der Waals surface area contributed by atoms with Crippen molar-refractivity contribution in [1.29, 1.82) is 0 Å². The van der Waals surface area contributed by atoms with Crippen molar-refractivity contribution in [2.75, 3.05) is 13.7 Å². The summed E-state index contributed by atoms with van der Waals surface area (Å²) in [5, 5.41) is 0. The van der Waals surface area contributed by atoms with E-state index in [0.717, 1.165) is 12.7 Å². The van der Waals surface area contributed by atoms with Crippen LogP contribution >= 0.6 is 0 Å². The number of epoxide rings is 1. The molecule has 0 saturated carbocycles. The number of ether oxygens (including phenoxy) is 1. The zero-order valence-electron chi connectivity index (χ0n) is 4.31. The highest BCUT2D eigenvalue weighted by molar-refractivity contribution is 6.27. The van der Waals surface area contributed by atoms with Crippen LogP contribution in [0.1, 0.15) is 0 Å². The van der Waals surface area contributed by atoms with Gasteiger partial charge in [-0.15, -0.1) is 0 Å². The van der Waals surface area contributed by atoms with Gasteiger partial charge in [0.25, 0.3) is 0 Å². The van der Waals surface area contributed by atoms with Gasteiger partial charge in [0.05, 0.1) is 12.7 Å². The predicted octanol–water partition coefficient (Wildman–Crippen LogP) is 0.0691. The molecule has 1 fully saturated rings. The molecule has 0 aliphatic carbocycles. The SMILES string of the molecule is CO[Si]CC1CO1. The van der Waals surface area contributed by atoms with Crippen LogP contribution in [0, 0.1) is 0 Å². The molecule has 7 heavy (non-hydrogen) atoms. The Kier molecular flexibility index (Phi) is 1.84. The lowest BCUT2D eigenvalue weighted by atomic mass is 10.6. The Labute approximate surface area is 45.8 Å². The zero-order valence-corrected chi connectivity index (χ0v) is 5.31. The summed E-state index contributed by atoms with van der Waals surface area (Å²) in [6.07, 6.45) is 0.540. The highest BCUT2D eigenvalue weighted by atomic mass is 28.2. The lowest BCUT2D eigenvalue weighted by Crippen LogP contribution is -1.96. The molecule has 1 aliphatic rings. The van der Waals surface area contributed by atoms with E-state index in [-0.39, 0.29) is 0 Å². The van der Waals surface area contributed by atoms with Crippen LogP contribution in [0.3, 0.4) is 0 Å². The molecule has 40 valence electrons. The summed E-state index contributed by atoms with van der Waals surface area (Å²) < 4.78 is 9.78. The minimum atomic E-state index is 0.540. The van der Waals surface area contributed by atoms with E-state index in [1.807, 2.05) is 0 Å². The van der Waals surface area contributed by atoms with Gasteiger partial charge < -0.3 is 9.16 Å². The molecule has 0 bridgehead atoms. The molecular weight excluding hydrogens is 108 g/mol. The third-order valence-corrected chi connectivity index (χ3v) is 1.77. The number of rotatable bonds is 3. The molecular formula is C4H8O2Si. The summed E-state index contributed by atoms with van der Waals surface area (Å²) in [4.78, 5) is 0. The third kappa shape index (κ3) is 2.06. The van der Waals surface area contributed by atoms with Gasteiger partial charge in [0.15, 0.2) is 0 Å². The second-order valence-corrected chi connectivity index (χ2v) is 2.61. The minimum Gasteiger partial charge on any atom is -0.420 e. The van der Waals surface area contributed by atoms with Crippen LogP contribution in [0.2, 0.25) is 6.04 Å². The third-order valence-electron chi connectivity index (χ3n) is 0.858. The van der Waals surface area contributed by atoms with E-state index in [4.69, 9.17) is 9.16 Å². The summed E-state index contributed by atoms with van der Waals surface area (Å²) in [6, 6.07) is 1.09. The molecule has 2 radical (unpaired) electrons. The maximum atomic E-state index is 4.94. The molecule has 1 atom stereocenters. The highest BCUT2D eigenvalue weighted by Crippen LogP contribution is 2.12. The van der Waals surface area contributed by atoms with Crippen LogP contribution in [-0.2, 0) is 9.16 Å². The first-order valence-corrected chi connectivity index (χ1v) is 3.42. The van der Waals surface area contributed by atoms with E-state index >= 15 is 0 Å². The Hall–Kier alpha value is 0.137. The van der Waals surface area contributed by atoms with Crippen molar-refractivity contribution in [3.05, 3.63) is 0 Å². The van der Waals surface area contributed by atoms with Crippen molar-refractivity contribution in [2.45, 2.75) is 12.1 Å². The molecule has 0 amide bonds. The van der Waals surface area contributed by atoms with Gasteiger partial charge >= 0.3 is 0 Å². The average molecular weight is 116 g/mol. The first-order valence-electron chi connectivity index (χ1n) is 2.31. The maximum absolute atomic E-state index is 4.94. The van der Waals surface area contributed by atoms with Crippen LogP contribution in [0.5, 0.6) is 0 Å². The molecule has 1 aliphatic heterocycles. The predicted molar refractivity (Wildman–Crippen MR) is 27.3 cm³/mol. The second-order valence-electron chi connectivity index (χ2n) is 1.51. The summed E-state index contributed by atoms with van der Waals surface area (Å²) in [5.41, 5.74) is 0. The van der Waals surface area contributed by atoms with Crippen molar-refractivity contribution >= 4 is 9.76 Å². The molecule has 1 heterocycles. The fourth-order valence-corrected chi connectivity index (χ4v) is 0.950. The van der Waals surface area contributed by atoms with E-state index in [2.05, 4.69) is 0 Å². The van der Waals surface area contributed by atoms with Gasteiger partial charge in [-0.2, -0.15) is 0 Å². The highest BCUT2D eigenvalue weighted by Gasteiger charge is 2.21. The molecule has 0 aromatic heterocycles. The molecule has 0 aromatic carbocycles. The standard InChI is InChI=1S/C4H8O2Si/c1-5-7-3-4-2-6-4/h4H,2-3H2,1H3. The van der Waals surface area contributed by atoms with Gasteiger partial charge in [-0.25, -0.2) is 0 Å². The molecule has 1 saturated heterocycles. The monoisotopic (exact) mass is 116 g/mol. The van der Waals surface area contributed by atoms with E-state index in [1.54, 1.807) is 7.11 Å². The van der Waals surface area contributed by atoms with Crippen molar-refractivity contribution < 1.29 is 9.16 Å². The fourth-order valence-electron chi connectivity index (χ4n) is 0.362. The number of hydrogen-bond acceptors (Lipinski definition) is 2. The first-order chi connectivity index (χ1) is 3.43. The van der Waals surface area contributed by atoms with E-state index in [9.17, 15) is 0 Å². The number of hydrogen-bond donors (Lipinski definition) is 0. The Morgan fingerprint density at radius 3 is 3.14 bits per heavy atom. The van der Waals surface area contributed by atoms with E-state index < -0.39 is 0 Å². The van der Waals surface area contributed by atoms with Crippen LogP contribution in [-0.4, -0.2) is 29.6 Å². The van der Waals surface area contributed by atoms with Crippen LogP contribution in [0.4, 0.5) is 0 Å². The minimum absolute atomic E-state index is 0.540. The van der Waals surface area contributed by atoms with Crippen LogP contribution in [0.15, 0.2) is 0 Å². The Balaban J connectivity index is 1.80. The lowest BCUT2D eigenvalue weighted by molar-refractivity contribution is 0.403. The summed E-state index contributed by atoms with van der Waals surface area (Å²) in [5.74, 6) is 0. The van der Waals surface area contributed by atoms with Gasteiger partial charge in [0, 0.05) is 7.11 Å². The van der Waals surface area contributed by atoms with E-state index in [0.29, 0.717) is 15.9 Å². The molecule has 1 rings (SSSR count). The summed E-state index contributed by atoms with van der Waals surface area (Å²) in [7, 11) is 2.36. The van der Waals surface area contributed by atoms with Gasteiger partial charge in [0.1, 0.15) is 0 Å². The van der Waals surface area contributed by atoms with Gasteiger partial charge in [-0.05, 0) is 6.04 Å². The lowest BCUT2D eigenvalue weighted by Gasteiger charge is -1.86. The normalized spacial score (nSPS) is 27.9. The molecule has 2 nitrogen and oxygen atoms in total. The van der Waals surface area contributed by atoms with Crippen molar-refractivity contribution in [1.82, 2.24) is 0 Å². The zero-order chi connectivity index (χ0) is 5.11. The largest absolute Gasteiger partial charge is 0.420 e. The van der Waals surface area contributed by atoms with Crippen LogP contribution in [0.25, 0.3) is 0 Å². The molecule has 1 unspecified atom stereocenters. The van der Waals surface area contributed by atoms with E-state index in [1.165, 1.54) is 0 Å². The first kappa shape index (κ1) is 5.28. The molecule has 0 spiro atoms. The molecule has 0 N–H and O–H groups in total. The van der Waals surface area contributed by atoms with Crippen molar-refractivity contribution in [2.24, 2.45) is 0 Å². The molecule has 0 aromatic rings. The second kappa shape index (κ2) is 2.45. The van der Waals surface area contributed by atoms with Gasteiger partial charge in [-0.3, -0.25) is 0 Å². The Bertz CT molecular complexity index is 53.7. The van der Waals surface area contributed by atoms with Gasteiger partial charge in [0.2, 0.25) is 9.76 Å². The van der Waals surface area contributed by atoms with Gasteiger partial charge in [-0.1, -0.05) is 0 Å². The maximum Gasteiger partial charge on any atom is 0.231 e. The summed E-state index contributed by atoms with van der Waals surface area (Å²) in [6.45, 7) is 0.955. The fraction of sp³-hybridized carbons (Fsp3) is 1.00. The quantitative estimate of drug-likeness (QED) is 0.384. The van der Waals surface area contributed by atoms with Crippen molar-refractivity contribution in [3.63, 3.8) is 0 Å². The average Bonchev–Trinajstić information content (AvgIpc) is 2.42. The smallest absolute Gasteiger partial charge is 0.231 e. The van der Waals surface area contributed by atoms with Crippen LogP contribution < -0.4 is 0 Å². The van der Waals surface area contributed by atoms with Crippen molar-refractivity contribution in [3.8, 4) is 0 Å².